The van der Waals surface area contributed by atoms with E-state index < -0.39 is 59.3 Å². The second-order valence-electron chi connectivity index (χ2n) is 10.3. The molecule has 2 aromatic carbocycles. The summed E-state index contributed by atoms with van der Waals surface area (Å²) in [6, 6.07) is 8.51. The number of aromatic nitrogens is 3. The standard InChI is InChI=1S/C31H25F6N5O2/c1-16-4-2-6-25-27(16)29(31(35,36)37)41-42(25)15-26(43)40-24(12-17-10-19(32)14-20(33)11-17)28-21(5-3-9-39-28)18-7-8-23(34)22(13-18)30(38)44/h3-5,7-11,13-14,24H,2,6,12,15H2,1H3,(H2,38,44)(H,40,43)/t24-/m0/s1. The molecule has 5 rings (SSSR count). The van der Waals surface area contributed by atoms with Crippen LogP contribution in [0.5, 0.6) is 0 Å². The van der Waals surface area contributed by atoms with Gasteiger partial charge in [0.15, 0.2) is 5.69 Å². The van der Waals surface area contributed by atoms with Gasteiger partial charge in [-0.2, -0.15) is 18.3 Å². The Morgan fingerprint density at radius 3 is 2.48 bits per heavy atom. The van der Waals surface area contributed by atoms with Gasteiger partial charge in [0.05, 0.1) is 17.3 Å². The number of primary amides is 1. The van der Waals surface area contributed by atoms with Gasteiger partial charge < -0.3 is 11.1 Å². The third-order valence-electron chi connectivity index (χ3n) is 7.25. The SMILES string of the molecule is CC1=CCCc2c1c(C(F)(F)F)nn2CC(=O)N[C@@H](Cc1cc(F)cc(F)c1)c1ncccc1-c1ccc(F)c(C(N)=O)c1. The molecule has 1 atom stereocenters. The molecule has 2 aromatic heterocycles. The number of halogens is 6. The van der Waals surface area contributed by atoms with Crippen LogP contribution in [0.3, 0.4) is 0 Å². The number of nitrogens with zero attached hydrogens (tertiary/aromatic N) is 3. The third kappa shape index (κ3) is 6.36. The number of nitrogens with two attached hydrogens (primary N) is 1. The number of amides is 2. The van der Waals surface area contributed by atoms with Gasteiger partial charge in [-0.25, -0.2) is 13.2 Å². The minimum absolute atomic E-state index is 0.0584. The molecule has 7 nitrogen and oxygen atoms in total. The number of carbonyl (C=O) groups is 2. The lowest BCUT2D eigenvalue weighted by Crippen LogP contribution is -2.34. The molecule has 228 valence electrons. The first kappa shape index (κ1) is 30.5. The Hall–Kier alpha value is -4.94. The zero-order chi connectivity index (χ0) is 31.8. The number of pyridine rings is 1. The van der Waals surface area contributed by atoms with Gasteiger partial charge in [0.1, 0.15) is 24.0 Å². The molecule has 1 aliphatic carbocycles. The lowest BCUT2D eigenvalue weighted by molar-refractivity contribution is -0.142. The number of rotatable bonds is 8. The monoisotopic (exact) mass is 613 g/mol. The molecule has 4 aromatic rings. The molecular weight excluding hydrogens is 588 g/mol. The van der Waals surface area contributed by atoms with E-state index in [0.29, 0.717) is 29.2 Å². The molecule has 13 heteroatoms. The number of benzene rings is 2. The number of hydrogen-bond donors (Lipinski definition) is 2. The molecule has 0 bridgehead atoms. The fraction of sp³-hybridized carbons (Fsp3) is 0.226. The molecule has 2 amide bonds. The van der Waals surface area contributed by atoms with Crippen molar-refractivity contribution in [2.24, 2.45) is 5.73 Å². The van der Waals surface area contributed by atoms with Gasteiger partial charge in [0, 0.05) is 29.1 Å². The Morgan fingerprint density at radius 2 is 1.80 bits per heavy atom. The molecule has 0 spiro atoms. The minimum Gasteiger partial charge on any atom is -0.366 e. The van der Waals surface area contributed by atoms with Crippen LogP contribution in [0.4, 0.5) is 26.3 Å². The molecule has 0 aliphatic heterocycles. The molecule has 3 N–H and O–H groups in total. The van der Waals surface area contributed by atoms with Crippen LogP contribution in [0.2, 0.25) is 0 Å². The largest absolute Gasteiger partial charge is 0.435 e. The van der Waals surface area contributed by atoms with Crippen LogP contribution in [0.1, 0.15) is 58.0 Å². The summed E-state index contributed by atoms with van der Waals surface area (Å²) in [7, 11) is 0. The fourth-order valence-corrected chi connectivity index (χ4v) is 5.40. The first-order valence-electron chi connectivity index (χ1n) is 13.4. The third-order valence-corrected chi connectivity index (χ3v) is 7.25. The summed E-state index contributed by atoms with van der Waals surface area (Å²) >= 11 is 0. The number of hydrogen-bond acceptors (Lipinski definition) is 4. The van der Waals surface area contributed by atoms with Gasteiger partial charge in [-0.1, -0.05) is 18.2 Å². The molecule has 44 heavy (non-hydrogen) atoms. The van der Waals surface area contributed by atoms with Crippen LogP contribution in [0.15, 0.2) is 60.8 Å². The van der Waals surface area contributed by atoms with Crippen molar-refractivity contribution in [1.82, 2.24) is 20.1 Å². The summed E-state index contributed by atoms with van der Waals surface area (Å²) < 4.78 is 84.9. The number of alkyl halides is 3. The molecule has 0 fully saturated rings. The Balaban J connectivity index is 1.54. The van der Waals surface area contributed by atoms with Gasteiger partial charge in [-0.3, -0.25) is 19.3 Å². The number of allylic oxidation sites excluding steroid dienone is 2. The van der Waals surface area contributed by atoms with Crippen LogP contribution in [0.25, 0.3) is 16.7 Å². The minimum atomic E-state index is -4.75. The van der Waals surface area contributed by atoms with Crippen molar-refractivity contribution in [3.05, 3.63) is 112 Å². The average molecular weight is 614 g/mol. The van der Waals surface area contributed by atoms with Gasteiger partial charge in [-0.15, -0.1) is 0 Å². The summed E-state index contributed by atoms with van der Waals surface area (Å²) in [5.41, 5.74) is 5.43. The van der Waals surface area contributed by atoms with Gasteiger partial charge in [0.25, 0.3) is 5.91 Å². The van der Waals surface area contributed by atoms with Crippen molar-refractivity contribution in [2.75, 3.05) is 0 Å². The van der Waals surface area contributed by atoms with Crippen molar-refractivity contribution in [1.29, 1.82) is 0 Å². The maximum atomic E-state index is 14.2. The Bertz CT molecular complexity index is 1780. The molecular formula is C31H25F6N5O2. The topological polar surface area (TPSA) is 103 Å². The van der Waals surface area contributed by atoms with E-state index in [2.05, 4.69) is 15.4 Å². The second-order valence-corrected chi connectivity index (χ2v) is 10.3. The summed E-state index contributed by atoms with van der Waals surface area (Å²) in [6.07, 6.45) is -1.13. The molecule has 0 radical (unpaired) electrons. The molecule has 0 unspecified atom stereocenters. The summed E-state index contributed by atoms with van der Waals surface area (Å²) in [4.78, 5) is 29.6. The van der Waals surface area contributed by atoms with Crippen molar-refractivity contribution in [3.8, 4) is 11.1 Å². The zero-order valence-corrected chi connectivity index (χ0v) is 23.2. The van der Waals surface area contributed by atoms with Crippen LogP contribution in [0, 0.1) is 17.5 Å². The highest BCUT2D eigenvalue weighted by atomic mass is 19.4. The van der Waals surface area contributed by atoms with Crippen LogP contribution in [-0.4, -0.2) is 26.6 Å². The van der Waals surface area contributed by atoms with E-state index in [1.54, 1.807) is 25.1 Å². The number of fused-ring (bicyclic) bond motifs is 1. The Labute approximate surface area is 247 Å². The van der Waals surface area contributed by atoms with E-state index >= 15 is 0 Å². The maximum Gasteiger partial charge on any atom is 0.435 e. The molecule has 1 aliphatic rings. The van der Waals surface area contributed by atoms with Crippen molar-refractivity contribution >= 4 is 17.4 Å². The maximum absolute atomic E-state index is 14.2. The Kier molecular flexibility index (Phi) is 8.31. The quantitative estimate of drug-likeness (QED) is 0.241. The van der Waals surface area contributed by atoms with Gasteiger partial charge in [0.2, 0.25) is 5.91 Å². The molecule has 2 heterocycles. The predicted octanol–water partition coefficient (Wildman–Crippen LogP) is 5.93. The van der Waals surface area contributed by atoms with Crippen LogP contribution in [-0.2, 0) is 30.4 Å². The molecule has 0 saturated carbocycles. The first-order valence-corrected chi connectivity index (χ1v) is 13.4. The van der Waals surface area contributed by atoms with E-state index in [-0.39, 0.29) is 35.4 Å². The van der Waals surface area contributed by atoms with Crippen LogP contribution < -0.4 is 11.1 Å². The fourth-order valence-electron chi connectivity index (χ4n) is 5.40. The number of carbonyl (C=O) groups excluding carboxylic acids is 2. The average Bonchev–Trinajstić information content (AvgIpc) is 3.32. The summed E-state index contributed by atoms with van der Waals surface area (Å²) in [5, 5.41) is 6.46. The van der Waals surface area contributed by atoms with Crippen molar-refractivity contribution in [2.45, 2.75) is 44.9 Å². The summed E-state index contributed by atoms with van der Waals surface area (Å²) in [6.45, 7) is 0.972. The summed E-state index contributed by atoms with van der Waals surface area (Å²) in [5.74, 6) is -4.32. The van der Waals surface area contributed by atoms with E-state index in [9.17, 15) is 35.9 Å². The predicted molar refractivity (Wildman–Crippen MR) is 148 cm³/mol. The highest BCUT2D eigenvalue weighted by Gasteiger charge is 2.40. The molecule has 0 saturated heterocycles. The van der Waals surface area contributed by atoms with E-state index in [4.69, 9.17) is 5.73 Å². The van der Waals surface area contributed by atoms with Gasteiger partial charge in [-0.05, 0) is 73.2 Å². The van der Waals surface area contributed by atoms with E-state index in [1.165, 1.54) is 18.3 Å². The highest BCUT2D eigenvalue weighted by Crippen LogP contribution is 2.38. The second kappa shape index (κ2) is 12.0. The van der Waals surface area contributed by atoms with E-state index in [0.717, 1.165) is 22.9 Å². The van der Waals surface area contributed by atoms with Crippen molar-refractivity contribution in [3.63, 3.8) is 0 Å². The number of nitrogens with one attached hydrogen (secondary N) is 1. The van der Waals surface area contributed by atoms with E-state index in [1.807, 2.05) is 0 Å². The lowest BCUT2D eigenvalue weighted by Gasteiger charge is -2.22. The zero-order valence-electron chi connectivity index (χ0n) is 23.2. The first-order chi connectivity index (χ1) is 20.8. The van der Waals surface area contributed by atoms with Crippen LogP contribution >= 0.6 is 0 Å². The smallest absolute Gasteiger partial charge is 0.366 e. The highest BCUT2D eigenvalue weighted by molar-refractivity contribution is 5.94. The lowest BCUT2D eigenvalue weighted by atomic mass is 9.94. The van der Waals surface area contributed by atoms with Gasteiger partial charge >= 0.3 is 6.18 Å². The Morgan fingerprint density at radius 1 is 1.07 bits per heavy atom. The van der Waals surface area contributed by atoms with Crippen molar-refractivity contribution < 1.29 is 35.9 Å². The normalized spacial score (nSPS) is 13.7.